The molecule has 0 radical (unpaired) electrons. The molecule has 2 rings (SSSR count). The Morgan fingerprint density at radius 1 is 1.12 bits per heavy atom. The SMILES string of the molecule is CCCCCNc1ccc(C(=O)Nc2ccccc2OCC)nc1. The van der Waals surface area contributed by atoms with E-state index in [1.165, 1.54) is 12.8 Å². The predicted molar refractivity (Wildman–Crippen MR) is 97.8 cm³/mol. The third-order valence-corrected chi connectivity index (χ3v) is 3.54. The second-order valence-corrected chi connectivity index (χ2v) is 5.45. The van der Waals surface area contributed by atoms with E-state index in [-0.39, 0.29) is 5.91 Å². The first-order valence-electron chi connectivity index (χ1n) is 8.47. The van der Waals surface area contributed by atoms with E-state index in [1.54, 1.807) is 12.3 Å². The molecular formula is C19H25N3O2. The minimum Gasteiger partial charge on any atom is -0.492 e. The van der Waals surface area contributed by atoms with Crippen molar-refractivity contribution in [3.63, 3.8) is 0 Å². The monoisotopic (exact) mass is 327 g/mol. The third kappa shape index (κ3) is 5.26. The van der Waals surface area contributed by atoms with Crippen molar-refractivity contribution in [2.24, 2.45) is 0 Å². The Kier molecular flexibility index (Phi) is 7.08. The van der Waals surface area contributed by atoms with E-state index in [0.717, 1.165) is 18.7 Å². The number of carbonyl (C=O) groups excluding carboxylic acids is 1. The lowest BCUT2D eigenvalue weighted by atomic mass is 10.2. The largest absolute Gasteiger partial charge is 0.492 e. The van der Waals surface area contributed by atoms with Gasteiger partial charge in [0.1, 0.15) is 11.4 Å². The fourth-order valence-corrected chi connectivity index (χ4v) is 2.28. The van der Waals surface area contributed by atoms with Gasteiger partial charge in [0.2, 0.25) is 0 Å². The summed E-state index contributed by atoms with van der Waals surface area (Å²) in [6.07, 6.45) is 5.23. The van der Waals surface area contributed by atoms with Crippen molar-refractivity contribution in [2.75, 3.05) is 23.8 Å². The molecule has 0 spiro atoms. The van der Waals surface area contributed by atoms with Crippen LogP contribution in [0.2, 0.25) is 0 Å². The van der Waals surface area contributed by atoms with Gasteiger partial charge in [0, 0.05) is 6.54 Å². The van der Waals surface area contributed by atoms with E-state index < -0.39 is 0 Å². The molecule has 0 atom stereocenters. The molecule has 128 valence electrons. The summed E-state index contributed by atoms with van der Waals surface area (Å²) in [6, 6.07) is 11.0. The first-order chi connectivity index (χ1) is 11.7. The Morgan fingerprint density at radius 2 is 1.96 bits per heavy atom. The Bertz CT molecular complexity index is 641. The van der Waals surface area contributed by atoms with Crippen LogP contribution in [-0.4, -0.2) is 24.0 Å². The number of benzene rings is 1. The van der Waals surface area contributed by atoms with Crippen LogP contribution in [0.1, 0.15) is 43.6 Å². The highest BCUT2D eigenvalue weighted by Crippen LogP contribution is 2.24. The average Bonchev–Trinajstić information content (AvgIpc) is 2.61. The molecule has 0 saturated heterocycles. The quantitative estimate of drug-likeness (QED) is 0.673. The van der Waals surface area contributed by atoms with E-state index in [2.05, 4.69) is 22.5 Å². The highest BCUT2D eigenvalue weighted by Gasteiger charge is 2.10. The van der Waals surface area contributed by atoms with Gasteiger partial charge in [-0.15, -0.1) is 0 Å². The topological polar surface area (TPSA) is 63.2 Å². The summed E-state index contributed by atoms with van der Waals surface area (Å²) in [4.78, 5) is 16.6. The van der Waals surface area contributed by atoms with Gasteiger partial charge < -0.3 is 15.4 Å². The Labute approximate surface area is 143 Å². The summed E-state index contributed by atoms with van der Waals surface area (Å²) >= 11 is 0. The summed E-state index contributed by atoms with van der Waals surface area (Å²) in [7, 11) is 0. The number of hydrogen-bond donors (Lipinski definition) is 2. The van der Waals surface area contributed by atoms with Crippen LogP contribution in [0, 0.1) is 0 Å². The smallest absolute Gasteiger partial charge is 0.274 e. The van der Waals surface area contributed by atoms with Gasteiger partial charge in [-0.1, -0.05) is 31.9 Å². The van der Waals surface area contributed by atoms with Gasteiger partial charge in [-0.2, -0.15) is 0 Å². The van der Waals surface area contributed by atoms with Crippen LogP contribution in [0.25, 0.3) is 0 Å². The van der Waals surface area contributed by atoms with E-state index >= 15 is 0 Å². The minimum absolute atomic E-state index is 0.250. The molecule has 0 bridgehead atoms. The maximum Gasteiger partial charge on any atom is 0.274 e. The zero-order valence-corrected chi connectivity index (χ0v) is 14.3. The maximum absolute atomic E-state index is 12.3. The van der Waals surface area contributed by atoms with Crippen molar-refractivity contribution in [3.8, 4) is 5.75 Å². The number of amides is 1. The van der Waals surface area contributed by atoms with Crippen LogP contribution < -0.4 is 15.4 Å². The molecule has 5 nitrogen and oxygen atoms in total. The van der Waals surface area contributed by atoms with Gasteiger partial charge in [0.05, 0.1) is 24.2 Å². The summed E-state index contributed by atoms with van der Waals surface area (Å²) in [5, 5.41) is 6.15. The number of pyridine rings is 1. The third-order valence-electron chi connectivity index (χ3n) is 3.54. The molecule has 0 aliphatic rings. The second-order valence-electron chi connectivity index (χ2n) is 5.45. The standard InChI is InChI=1S/C19H25N3O2/c1-3-5-8-13-20-15-11-12-17(21-14-15)19(23)22-16-9-6-7-10-18(16)24-4-2/h6-7,9-12,14,20H,3-5,8,13H2,1-2H3,(H,22,23). The van der Waals surface area contributed by atoms with Gasteiger partial charge in [0.15, 0.2) is 0 Å². The van der Waals surface area contributed by atoms with Crippen molar-refractivity contribution < 1.29 is 9.53 Å². The van der Waals surface area contributed by atoms with Gasteiger partial charge in [-0.05, 0) is 37.6 Å². The molecule has 24 heavy (non-hydrogen) atoms. The van der Waals surface area contributed by atoms with E-state index in [0.29, 0.717) is 23.7 Å². The van der Waals surface area contributed by atoms with Gasteiger partial charge in [-0.3, -0.25) is 4.79 Å². The minimum atomic E-state index is -0.250. The number of para-hydroxylation sites is 2. The highest BCUT2D eigenvalue weighted by atomic mass is 16.5. The van der Waals surface area contributed by atoms with Gasteiger partial charge in [0.25, 0.3) is 5.91 Å². The average molecular weight is 327 g/mol. The van der Waals surface area contributed by atoms with Crippen LogP contribution in [-0.2, 0) is 0 Å². The molecule has 0 aliphatic carbocycles. The molecule has 2 aromatic rings. The zero-order valence-electron chi connectivity index (χ0n) is 14.3. The fraction of sp³-hybridized carbons (Fsp3) is 0.368. The van der Waals surface area contributed by atoms with Gasteiger partial charge in [-0.25, -0.2) is 4.98 Å². The summed E-state index contributed by atoms with van der Waals surface area (Å²) in [5.41, 5.74) is 1.95. The number of anilines is 2. The molecule has 0 unspecified atom stereocenters. The van der Waals surface area contributed by atoms with Crippen LogP contribution in [0.4, 0.5) is 11.4 Å². The molecule has 1 heterocycles. The normalized spacial score (nSPS) is 10.2. The molecule has 2 N–H and O–H groups in total. The van der Waals surface area contributed by atoms with E-state index in [9.17, 15) is 4.79 Å². The van der Waals surface area contributed by atoms with Crippen molar-refractivity contribution in [3.05, 3.63) is 48.3 Å². The molecular weight excluding hydrogens is 302 g/mol. The first kappa shape index (κ1) is 17.8. The summed E-state index contributed by atoms with van der Waals surface area (Å²) in [5.74, 6) is 0.405. The van der Waals surface area contributed by atoms with Crippen LogP contribution in [0.15, 0.2) is 42.6 Å². The zero-order chi connectivity index (χ0) is 17.2. The van der Waals surface area contributed by atoms with Gasteiger partial charge >= 0.3 is 0 Å². The van der Waals surface area contributed by atoms with E-state index in [4.69, 9.17) is 4.74 Å². The van der Waals surface area contributed by atoms with Crippen molar-refractivity contribution >= 4 is 17.3 Å². The van der Waals surface area contributed by atoms with E-state index in [1.807, 2.05) is 37.3 Å². The number of unbranched alkanes of at least 4 members (excludes halogenated alkanes) is 2. The number of rotatable bonds is 9. The van der Waals surface area contributed by atoms with Crippen molar-refractivity contribution in [2.45, 2.75) is 33.1 Å². The lowest BCUT2D eigenvalue weighted by Crippen LogP contribution is -2.14. The molecule has 5 heteroatoms. The summed E-state index contributed by atoms with van der Waals surface area (Å²) in [6.45, 7) is 5.55. The molecule has 0 fully saturated rings. The van der Waals surface area contributed by atoms with Crippen LogP contribution in [0.3, 0.4) is 0 Å². The molecule has 0 saturated carbocycles. The van der Waals surface area contributed by atoms with Crippen LogP contribution >= 0.6 is 0 Å². The second kappa shape index (κ2) is 9.55. The Hall–Kier alpha value is -2.56. The van der Waals surface area contributed by atoms with Crippen molar-refractivity contribution in [1.29, 1.82) is 0 Å². The molecule has 1 amide bonds. The Balaban J connectivity index is 1.95. The lowest BCUT2D eigenvalue weighted by Gasteiger charge is -2.11. The molecule has 0 aliphatic heterocycles. The molecule has 1 aromatic carbocycles. The lowest BCUT2D eigenvalue weighted by molar-refractivity contribution is 0.102. The predicted octanol–water partition coefficient (Wildman–Crippen LogP) is 4.33. The number of aromatic nitrogens is 1. The maximum atomic E-state index is 12.3. The summed E-state index contributed by atoms with van der Waals surface area (Å²) < 4.78 is 5.51. The first-order valence-corrected chi connectivity index (χ1v) is 8.47. The Morgan fingerprint density at radius 3 is 2.67 bits per heavy atom. The highest BCUT2D eigenvalue weighted by molar-refractivity contribution is 6.03. The number of carbonyl (C=O) groups is 1. The number of ether oxygens (including phenoxy) is 1. The molecule has 1 aromatic heterocycles. The van der Waals surface area contributed by atoms with Crippen LogP contribution in [0.5, 0.6) is 5.75 Å². The van der Waals surface area contributed by atoms with Crippen molar-refractivity contribution in [1.82, 2.24) is 4.98 Å². The number of nitrogens with one attached hydrogen (secondary N) is 2. The number of nitrogens with zero attached hydrogens (tertiary/aromatic N) is 1. The number of hydrogen-bond acceptors (Lipinski definition) is 4. The fourth-order valence-electron chi connectivity index (χ4n) is 2.28.